The van der Waals surface area contributed by atoms with Crippen LogP contribution in [0.3, 0.4) is 0 Å². The molecule has 8 atom stereocenters. The Labute approximate surface area is 157 Å². The molecule has 0 bridgehead atoms. The van der Waals surface area contributed by atoms with E-state index in [1.807, 2.05) is 0 Å². The van der Waals surface area contributed by atoms with E-state index >= 15 is 0 Å². The molecule has 0 aromatic heterocycles. The molecule has 5 aliphatic rings. The van der Waals surface area contributed by atoms with Crippen molar-refractivity contribution < 1.29 is 15.0 Å². The van der Waals surface area contributed by atoms with Gasteiger partial charge in [-0.3, -0.25) is 4.79 Å². The summed E-state index contributed by atoms with van der Waals surface area (Å²) in [7, 11) is 0. The maximum atomic E-state index is 12.5. The van der Waals surface area contributed by atoms with E-state index in [2.05, 4.69) is 11.8 Å². The van der Waals surface area contributed by atoms with Gasteiger partial charge in [0.2, 0.25) is 5.91 Å². The zero-order chi connectivity index (χ0) is 18.3. The van der Waals surface area contributed by atoms with E-state index in [1.54, 1.807) is 6.92 Å². The number of nitrogens with zero attached hydrogens (tertiary/aromatic N) is 1. The van der Waals surface area contributed by atoms with E-state index in [4.69, 9.17) is 0 Å². The molecule has 2 unspecified atom stereocenters. The molecule has 5 fully saturated rings. The summed E-state index contributed by atoms with van der Waals surface area (Å²) < 4.78 is 0. The number of rotatable bonds is 0. The fourth-order valence-corrected chi connectivity index (χ4v) is 9.03. The molecule has 0 aromatic carbocycles. The number of amides is 1. The molecule has 146 valence electrons. The summed E-state index contributed by atoms with van der Waals surface area (Å²) in [5.41, 5.74) is 0.239. The minimum Gasteiger partial charge on any atom is -0.393 e. The Bertz CT molecular complexity index is 623. The Balaban J connectivity index is 1.56. The van der Waals surface area contributed by atoms with Gasteiger partial charge in [-0.2, -0.15) is 0 Å². The number of aliphatic hydroxyl groups is 2. The molecule has 1 heterocycles. The van der Waals surface area contributed by atoms with Crippen LogP contribution in [0.1, 0.15) is 78.1 Å². The molecule has 0 radical (unpaired) electrons. The van der Waals surface area contributed by atoms with Crippen molar-refractivity contribution in [2.24, 2.45) is 28.6 Å². The summed E-state index contributed by atoms with van der Waals surface area (Å²) in [4.78, 5) is 14.7. The van der Waals surface area contributed by atoms with Crippen molar-refractivity contribution in [3.8, 4) is 0 Å². The Morgan fingerprint density at radius 2 is 1.77 bits per heavy atom. The number of carbonyl (C=O) groups excluding carboxylic acids is 1. The Morgan fingerprint density at radius 1 is 0.962 bits per heavy atom. The van der Waals surface area contributed by atoms with E-state index in [9.17, 15) is 15.0 Å². The molecule has 1 amide bonds. The van der Waals surface area contributed by atoms with Crippen LogP contribution in [0.15, 0.2) is 0 Å². The van der Waals surface area contributed by atoms with Crippen molar-refractivity contribution in [2.75, 3.05) is 6.54 Å². The number of likely N-dealkylation sites (tertiary alicyclic amines) is 1. The minimum absolute atomic E-state index is 0.0946. The molecule has 26 heavy (non-hydrogen) atoms. The topological polar surface area (TPSA) is 60.8 Å². The summed E-state index contributed by atoms with van der Waals surface area (Å²) in [5, 5.41) is 21.2. The highest BCUT2D eigenvalue weighted by Crippen LogP contribution is 2.71. The Kier molecular flexibility index (Phi) is 3.68. The van der Waals surface area contributed by atoms with Gasteiger partial charge in [0.15, 0.2) is 0 Å². The molecule has 1 saturated heterocycles. The van der Waals surface area contributed by atoms with Gasteiger partial charge in [0, 0.05) is 13.5 Å². The first-order chi connectivity index (χ1) is 12.3. The van der Waals surface area contributed by atoms with Crippen LogP contribution in [0.5, 0.6) is 0 Å². The smallest absolute Gasteiger partial charge is 0.219 e. The second-order valence-electron chi connectivity index (χ2n) is 10.6. The number of hydrogen-bond acceptors (Lipinski definition) is 3. The van der Waals surface area contributed by atoms with Crippen molar-refractivity contribution >= 4 is 5.91 Å². The third-order valence-corrected chi connectivity index (χ3v) is 10.1. The lowest BCUT2D eigenvalue weighted by Gasteiger charge is -2.65. The first-order valence-corrected chi connectivity index (χ1v) is 11.0. The van der Waals surface area contributed by atoms with Crippen molar-refractivity contribution in [1.29, 1.82) is 0 Å². The summed E-state index contributed by atoms with van der Waals surface area (Å²) in [6.07, 6.45) is 10.3. The van der Waals surface area contributed by atoms with Gasteiger partial charge in [0.1, 0.15) is 0 Å². The summed E-state index contributed by atoms with van der Waals surface area (Å²) in [5.74, 6) is 2.25. The average Bonchev–Trinajstić information content (AvgIpc) is 3.10. The van der Waals surface area contributed by atoms with E-state index < -0.39 is 0 Å². The van der Waals surface area contributed by atoms with Gasteiger partial charge in [-0.15, -0.1) is 0 Å². The molecule has 4 heteroatoms. The van der Waals surface area contributed by atoms with Gasteiger partial charge in [-0.25, -0.2) is 0 Å². The van der Waals surface area contributed by atoms with Gasteiger partial charge in [-0.05, 0) is 92.8 Å². The molecule has 0 aromatic rings. The molecule has 2 N–H and O–H groups in total. The summed E-state index contributed by atoms with van der Waals surface area (Å²) >= 11 is 0. The predicted molar refractivity (Wildman–Crippen MR) is 99.3 cm³/mol. The highest BCUT2D eigenvalue weighted by molar-refractivity contribution is 5.75. The zero-order valence-corrected chi connectivity index (χ0v) is 16.4. The largest absolute Gasteiger partial charge is 0.393 e. The quantitative estimate of drug-likeness (QED) is 0.697. The second kappa shape index (κ2) is 5.47. The van der Waals surface area contributed by atoms with E-state index in [-0.39, 0.29) is 34.5 Å². The minimum atomic E-state index is -0.248. The lowest BCUT2D eigenvalue weighted by Crippen LogP contribution is -2.66. The standard InChI is InChI=1S/C22H35NO3/c1-14(24)23-12-11-21-9-5-15(25)13-22(21,23)10-6-16-17-3-4-19(26)20(17,2)8-7-18(16)21/h15-19,25-26H,3-13H2,1-2H3/t15-,16-,17-,18-,19-,20-,21?,22?/m0/s1. The number of carbonyl (C=O) groups is 1. The average molecular weight is 362 g/mol. The van der Waals surface area contributed by atoms with Gasteiger partial charge < -0.3 is 15.1 Å². The van der Waals surface area contributed by atoms with Crippen molar-refractivity contribution in [2.45, 2.75) is 95.8 Å². The third kappa shape index (κ3) is 1.91. The third-order valence-electron chi connectivity index (χ3n) is 10.1. The number of hydrogen-bond donors (Lipinski definition) is 2. The first-order valence-electron chi connectivity index (χ1n) is 11.0. The van der Waals surface area contributed by atoms with Crippen LogP contribution >= 0.6 is 0 Å². The van der Waals surface area contributed by atoms with Gasteiger partial charge in [0.05, 0.1) is 17.7 Å². The van der Waals surface area contributed by atoms with Crippen LogP contribution in [0.25, 0.3) is 0 Å². The molecular weight excluding hydrogens is 326 g/mol. The van der Waals surface area contributed by atoms with Crippen LogP contribution < -0.4 is 0 Å². The Hall–Kier alpha value is -0.610. The zero-order valence-electron chi connectivity index (χ0n) is 16.4. The van der Waals surface area contributed by atoms with Crippen LogP contribution in [0.2, 0.25) is 0 Å². The maximum absolute atomic E-state index is 12.5. The Morgan fingerprint density at radius 3 is 2.54 bits per heavy atom. The van der Waals surface area contributed by atoms with E-state index in [0.29, 0.717) is 17.8 Å². The molecule has 4 saturated carbocycles. The van der Waals surface area contributed by atoms with Crippen molar-refractivity contribution in [3.63, 3.8) is 0 Å². The van der Waals surface area contributed by atoms with Crippen molar-refractivity contribution in [3.05, 3.63) is 0 Å². The predicted octanol–water partition coefficient (Wildman–Crippen LogP) is 3.11. The summed E-state index contributed by atoms with van der Waals surface area (Å²) in [6.45, 7) is 4.95. The fraction of sp³-hybridized carbons (Fsp3) is 0.955. The van der Waals surface area contributed by atoms with E-state index in [0.717, 1.165) is 51.5 Å². The molecule has 4 aliphatic carbocycles. The molecule has 0 spiro atoms. The molecule has 4 nitrogen and oxygen atoms in total. The van der Waals surface area contributed by atoms with Crippen LogP contribution in [-0.4, -0.2) is 45.3 Å². The van der Waals surface area contributed by atoms with E-state index in [1.165, 1.54) is 19.3 Å². The fourth-order valence-electron chi connectivity index (χ4n) is 9.03. The highest BCUT2D eigenvalue weighted by atomic mass is 16.3. The lowest BCUT2D eigenvalue weighted by atomic mass is 9.42. The van der Waals surface area contributed by atoms with Crippen LogP contribution in [0.4, 0.5) is 0 Å². The lowest BCUT2D eigenvalue weighted by molar-refractivity contribution is -0.176. The number of fused-ring (bicyclic) bond motifs is 3. The van der Waals surface area contributed by atoms with Crippen molar-refractivity contribution in [1.82, 2.24) is 4.90 Å². The second-order valence-corrected chi connectivity index (χ2v) is 10.6. The first kappa shape index (κ1) is 17.5. The molecule has 1 aliphatic heterocycles. The number of aliphatic hydroxyl groups excluding tert-OH is 2. The van der Waals surface area contributed by atoms with Gasteiger partial charge in [-0.1, -0.05) is 6.92 Å². The van der Waals surface area contributed by atoms with Gasteiger partial charge in [0.25, 0.3) is 0 Å². The summed E-state index contributed by atoms with van der Waals surface area (Å²) in [6, 6.07) is 0. The SMILES string of the molecule is CC(=O)N1CCC23CC[C@H](O)CC12CC[C@@H]1[C@@H]3CC[C@]2(C)[C@@H](O)CC[C@@H]12. The molecular formula is C22H35NO3. The van der Waals surface area contributed by atoms with Gasteiger partial charge >= 0.3 is 0 Å². The highest BCUT2D eigenvalue weighted by Gasteiger charge is 2.70. The van der Waals surface area contributed by atoms with Crippen LogP contribution in [-0.2, 0) is 4.79 Å². The molecule has 5 rings (SSSR count). The van der Waals surface area contributed by atoms with Crippen LogP contribution in [0, 0.1) is 28.6 Å². The normalized spacial score (nSPS) is 55.7. The maximum Gasteiger partial charge on any atom is 0.219 e. The monoisotopic (exact) mass is 361 g/mol.